The monoisotopic (exact) mass is 561 g/mol. The van der Waals surface area contributed by atoms with Crippen molar-refractivity contribution in [2.75, 3.05) is 4.90 Å². The van der Waals surface area contributed by atoms with E-state index in [1.165, 1.54) is 44.5 Å². The largest absolute Gasteiger partial charge is 0.311 e. The van der Waals surface area contributed by atoms with Crippen molar-refractivity contribution in [1.82, 2.24) is 0 Å². The lowest BCUT2D eigenvalue weighted by atomic mass is 9.68. The van der Waals surface area contributed by atoms with Crippen LogP contribution in [0.1, 0.15) is 22.3 Å². The van der Waals surface area contributed by atoms with E-state index in [0.29, 0.717) is 0 Å². The molecule has 0 N–H and O–H groups in total. The van der Waals surface area contributed by atoms with Crippen LogP contribution in [0.4, 0.5) is 17.1 Å². The Morgan fingerprint density at radius 2 is 0.682 bits per heavy atom. The topological polar surface area (TPSA) is 3.24 Å². The lowest BCUT2D eigenvalue weighted by Gasteiger charge is -2.34. The lowest BCUT2D eigenvalue weighted by molar-refractivity contribution is 0.768. The highest BCUT2D eigenvalue weighted by Gasteiger charge is 2.45. The summed E-state index contributed by atoms with van der Waals surface area (Å²) in [5, 5.41) is 0. The Balaban J connectivity index is 1.28. The molecule has 1 aliphatic rings. The molecule has 0 bridgehead atoms. The molecule has 7 aromatic carbocycles. The first-order valence-corrected chi connectivity index (χ1v) is 15.2. The minimum Gasteiger partial charge on any atom is -0.311 e. The maximum absolute atomic E-state index is 2.34. The van der Waals surface area contributed by atoms with Gasteiger partial charge in [0.25, 0.3) is 0 Å². The van der Waals surface area contributed by atoms with Crippen molar-refractivity contribution in [2.45, 2.75) is 5.41 Å². The Bertz CT molecular complexity index is 1980. The predicted octanol–water partition coefficient (Wildman–Crippen LogP) is 11.2. The van der Waals surface area contributed by atoms with Gasteiger partial charge in [0.1, 0.15) is 0 Å². The fraction of sp³-hybridized carbons (Fsp3) is 0.0233. The van der Waals surface area contributed by atoms with Crippen molar-refractivity contribution in [3.8, 4) is 22.3 Å². The van der Waals surface area contributed by atoms with Crippen molar-refractivity contribution >= 4 is 17.1 Å². The summed E-state index contributed by atoms with van der Waals surface area (Å²) >= 11 is 0. The molecule has 0 heterocycles. The fourth-order valence-electron chi connectivity index (χ4n) is 7.03. The van der Waals surface area contributed by atoms with Crippen LogP contribution in [0.2, 0.25) is 0 Å². The van der Waals surface area contributed by atoms with Gasteiger partial charge in [-0.15, -0.1) is 0 Å². The standard InChI is InChI=1S/C43H31N/c1-4-14-32(15-5-1)33-24-28-37(29-25-33)44(36-18-8-3-9-19-36)38-30-26-35(27-31-38)43(34-16-6-2-7-17-34)41-22-12-10-20-39(41)40-21-11-13-23-42(40)43/h1-31H. The quantitative estimate of drug-likeness (QED) is 0.195. The van der Waals surface area contributed by atoms with Gasteiger partial charge in [-0.05, 0) is 80.9 Å². The summed E-state index contributed by atoms with van der Waals surface area (Å²) in [6.45, 7) is 0. The number of para-hydroxylation sites is 1. The van der Waals surface area contributed by atoms with E-state index in [0.717, 1.165) is 17.1 Å². The summed E-state index contributed by atoms with van der Waals surface area (Å²) in [7, 11) is 0. The molecule has 1 heteroatoms. The molecule has 0 aromatic heterocycles. The number of hydrogen-bond donors (Lipinski definition) is 0. The number of fused-ring (bicyclic) bond motifs is 3. The molecule has 0 spiro atoms. The van der Waals surface area contributed by atoms with Crippen molar-refractivity contribution < 1.29 is 0 Å². The van der Waals surface area contributed by atoms with Gasteiger partial charge in [-0.3, -0.25) is 0 Å². The predicted molar refractivity (Wildman–Crippen MR) is 184 cm³/mol. The molecule has 1 aliphatic carbocycles. The van der Waals surface area contributed by atoms with Crippen LogP contribution < -0.4 is 4.90 Å². The maximum Gasteiger partial charge on any atom is 0.0713 e. The van der Waals surface area contributed by atoms with Crippen LogP contribution in [-0.4, -0.2) is 0 Å². The van der Waals surface area contributed by atoms with Crippen molar-refractivity contribution in [3.63, 3.8) is 0 Å². The second-order valence-corrected chi connectivity index (χ2v) is 11.3. The third-order valence-corrected chi connectivity index (χ3v) is 8.96. The molecule has 0 amide bonds. The fourth-order valence-corrected chi connectivity index (χ4v) is 7.03. The molecule has 208 valence electrons. The highest BCUT2D eigenvalue weighted by Crippen LogP contribution is 2.56. The van der Waals surface area contributed by atoms with Gasteiger partial charge in [-0.2, -0.15) is 0 Å². The number of nitrogens with zero attached hydrogens (tertiary/aromatic N) is 1. The van der Waals surface area contributed by atoms with Crippen LogP contribution in [0.3, 0.4) is 0 Å². The number of rotatable bonds is 6. The van der Waals surface area contributed by atoms with Crippen molar-refractivity contribution in [3.05, 3.63) is 210 Å². The highest BCUT2D eigenvalue weighted by atomic mass is 15.1. The zero-order valence-electron chi connectivity index (χ0n) is 24.3. The first-order chi connectivity index (χ1) is 21.8. The van der Waals surface area contributed by atoms with E-state index in [2.05, 4.69) is 193 Å². The number of hydrogen-bond acceptors (Lipinski definition) is 1. The van der Waals surface area contributed by atoms with Crippen LogP contribution in [0, 0.1) is 0 Å². The van der Waals surface area contributed by atoms with E-state index in [1.807, 2.05) is 0 Å². The molecular weight excluding hydrogens is 530 g/mol. The Morgan fingerprint density at radius 1 is 0.295 bits per heavy atom. The summed E-state index contributed by atoms with van der Waals surface area (Å²) in [5.41, 5.74) is 13.2. The highest BCUT2D eigenvalue weighted by molar-refractivity contribution is 5.87. The Morgan fingerprint density at radius 3 is 1.25 bits per heavy atom. The number of anilines is 3. The molecule has 7 aromatic rings. The minimum atomic E-state index is -0.401. The summed E-state index contributed by atoms with van der Waals surface area (Å²) in [6, 6.07) is 68.0. The molecule has 0 aliphatic heterocycles. The second-order valence-electron chi connectivity index (χ2n) is 11.3. The van der Waals surface area contributed by atoms with Gasteiger partial charge < -0.3 is 4.90 Å². The zero-order chi connectivity index (χ0) is 29.3. The summed E-state index contributed by atoms with van der Waals surface area (Å²) in [6.07, 6.45) is 0. The Labute approximate surface area is 259 Å². The summed E-state index contributed by atoms with van der Waals surface area (Å²) in [5.74, 6) is 0. The normalized spacial score (nSPS) is 12.7. The van der Waals surface area contributed by atoms with Gasteiger partial charge in [0.2, 0.25) is 0 Å². The molecular formula is C43H31N. The van der Waals surface area contributed by atoms with E-state index in [1.54, 1.807) is 0 Å². The summed E-state index contributed by atoms with van der Waals surface area (Å²) < 4.78 is 0. The molecule has 0 atom stereocenters. The molecule has 0 fully saturated rings. The third kappa shape index (κ3) is 4.17. The third-order valence-electron chi connectivity index (χ3n) is 8.96. The van der Waals surface area contributed by atoms with Gasteiger partial charge in [0, 0.05) is 17.1 Å². The average molecular weight is 562 g/mol. The van der Waals surface area contributed by atoms with Crippen LogP contribution in [0.25, 0.3) is 22.3 Å². The molecule has 44 heavy (non-hydrogen) atoms. The van der Waals surface area contributed by atoms with Gasteiger partial charge in [0.05, 0.1) is 5.41 Å². The molecule has 0 unspecified atom stereocenters. The molecule has 0 radical (unpaired) electrons. The van der Waals surface area contributed by atoms with Gasteiger partial charge >= 0.3 is 0 Å². The second kappa shape index (κ2) is 10.9. The van der Waals surface area contributed by atoms with Crippen LogP contribution in [-0.2, 0) is 5.41 Å². The smallest absolute Gasteiger partial charge is 0.0713 e. The SMILES string of the molecule is c1ccc(-c2ccc(N(c3ccccc3)c3ccc(C4(c5ccccc5)c5ccccc5-c5ccccc54)cc3)cc2)cc1. The van der Waals surface area contributed by atoms with Crippen molar-refractivity contribution in [2.24, 2.45) is 0 Å². The molecule has 0 saturated carbocycles. The van der Waals surface area contributed by atoms with E-state index in [9.17, 15) is 0 Å². The van der Waals surface area contributed by atoms with Crippen LogP contribution >= 0.6 is 0 Å². The average Bonchev–Trinajstić information content (AvgIpc) is 3.41. The van der Waals surface area contributed by atoms with E-state index in [4.69, 9.17) is 0 Å². The Kier molecular flexibility index (Phi) is 6.43. The first-order valence-electron chi connectivity index (χ1n) is 15.2. The first kappa shape index (κ1) is 26.0. The van der Waals surface area contributed by atoms with Gasteiger partial charge in [-0.1, -0.05) is 152 Å². The molecule has 1 nitrogen and oxygen atoms in total. The zero-order valence-corrected chi connectivity index (χ0v) is 24.3. The number of benzene rings is 7. The summed E-state index contributed by atoms with van der Waals surface area (Å²) in [4.78, 5) is 2.34. The maximum atomic E-state index is 2.34. The van der Waals surface area contributed by atoms with Crippen LogP contribution in [0.15, 0.2) is 188 Å². The van der Waals surface area contributed by atoms with Crippen LogP contribution in [0.5, 0.6) is 0 Å². The minimum absolute atomic E-state index is 0.401. The van der Waals surface area contributed by atoms with E-state index < -0.39 is 5.41 Å². The van der Waals surface area contributed by atoms with Gasteiger partial charge in [-0.25, -0.2) is 0 Å². The lowest BCUT2D eigenvalue weighted by Crippen LogP contribution is -2.28. The van der Waals surface area contributed by atoms with E-state index in [-0.39, 0.29) is 0 Å². The Hall–Kier alpha value is -5.66. The molecule has 0 saturated heterocycles. The van der Waals surface area contributed by atoms with E-state index >= 15 is 0 Å². The van der Waals surface area contributed by atoms with Crippen molar-refractivity contribution in [1.29, 1.82) is 0 Å². The van der Waals surface area contributed by atoms with Gasteiger partial charge in [0.15, 0.2) is 0 Å². The molecule has 8 rings (SSSR count).